The molecule has 1 aromatic carbocycles. The van der Waals surface area contributed by atoms with Crippen LogP contribution in [0.3, 0.4) is 0 Å². The Labute approximate surface area is 87.6 Å². The molecule has 0 bridgehead atoms. The van der Waals surface area contributed by atoms with E-state index in [1.165, 1.54) is 12.1 Å². The molecule has 0 aliphatic carbocycles. The van der Waals surface area contributed by atoms with Crippen LogP contribution in [-0.2, 0) is 0 Å². The minimum absolute atomic E-state index is 0.236. The third kappa shape index (κ3) is 1.96. The number of hydrogen-bond donors (Lipinski definition) is 1. The molecule has 1 aromatic heterocycles. The molecule has 0 aliphatic heterocycles. The molecule has 0 aliphatic rings. The maximum atomic E-state index is 12.7. The second kappa shape index (κ2) is 3.69. The molecular weight excluding hydrogens is 191 g/mol. The van der Waals surface area contributed by atoms with Gasteiger partial charge in [0, 0.05) is 11.8 Å². The molecule has 0 unspecified atom stereocenters. The van der Waals surface area contributed by atoms with Gasteiger partial charge in [0.1, 0.15) is 11.6 Å². The number of benzene rings is 1. The van der Waals surface area contributed by atoms with Gasteiger partial charge in [-0.3, -0.25) is 0 Å². The van der Waals surface area contributed by atoms with E-state index in [1.54, 1.807) is 24.4 Å². The number of hydrogen-bond acceptors (Lipinski definition) is 2. The molecule has 3 heteroatoms. The fourth-order valence-corrected chi connectivity index (χ4v) is 1.51. The van der Waals surface area contributed by atoms with Gasteiger partial charge in [0.2, 0.25) is 0 Å². The van der Waals surface area contributed by atoms with Crippen molar-refractivity contribution in [3.8, 4) is 11.1 Å². The zero-order valence-electron chi connectivity index (χ0n) is 8.37. The molecular formula is C12H11FN2. The summed E-state index contributed by atoms with van der Waals surface area (Å²) in [6.45, 7) is 1.96. The lowest BCUT2D eigenvalue weighted by atomic mass is 10.0. The third-order valence-electron chi connectivity index (χ3n) is 2.29. The van der Waals surface area contributed by atoms with Crippen LogP contribution in [0.15, 0.2) is 36.5 Å². The summed E-state index contributed by atoms with van der Waals surface area (Å²) in [6.07, 6.45) is 1.71. The Balaban J connectivity index is 2.49. The highest BCUT2D eigenvalue weighted by Gasteiger charge is 2.02. The molecule has 0 saturated carbocycles. The summed E-state index contributed by atoms with van der Waals surface area (Å²) in [5.74, 6) is 0.262. The third-order valence-corrected chi connectivity index (χ3v) is 2.29. The largest absolute Gasteiger partial charge is 0.384 e. The molecule has 2 rings (SSSR count). The highest BCUT2D eigenvalue weighted by atomic mass is 19.1. The van der Waals surface area contributed by atoms with Crippen molar-refractivity contribution < 1.29 is 4.39 Å². The molecule has 2 aromatic rings. The zero-order valence-corrected chi connectivity index (χ0v) is 8.37. The van der Waals surface area contributed by atoms with Crippen molar-refractivity contribution >= 4 is 5.82 Å². The summed E-state index contributed by atoms with van der Waals surface area (Å²) in [4.78, 5) is 4.02. The van der Waals surface area contributed by atoms with E-state index in [0.717, 1.165) is 16.7 Å². The molecule has 2 N–H and O–H groups in total. The molecule has 0 radical (unpaired) electrons. The first-order chi connectivity index (χ1) is 7.16. The molecule has 0 amide bonds. The van der Waals surface area contributed by atoms with Gasteiger partial charge in [-0.2, -0.15) is 0 Å². The van der Waals surface area contributed by atoms with E-state index in [4.69, 9.17) is 5.73 Å². The highest BCUT2D eigenvalue weighted by molar-refractivity contribution is 5.67. The molecule has 15 heavy (non-hydrogen) atoms. The van der Waals surface area contributed by atoms with E-state index < -0.39 is 0 Å². The summed E-state index contributed by atoms with van der Waals surface area (Å²) >= 11 is 0. The van der Waals surface area contributed by atoms with Crippen LogP contribution in [0, 0.1) is 12.7 Å². The van der Waals surface area contributed by atoms with Crippen LogP contribution in [0.25, 0.3) is 11.1 Å². The van der Waals surface area contributed by atoms with Crippen LogP contribution in [0.2, 0.25) is 0 Å². The normalized spacial score (nSPS) is 10.3. The average Bonchev–Trinajstić information content (AvgIpc) is 2.20. The van der Waals surface area contributed by atoms with Crippen molar-refractivity contribution in [1.29, 1.82) is 0 Å². The molecule has 1 heterocycles. The predicted molar refractivity (Wildman–Crippen MR) is 58.8 cm³/mol. The monoisotopic (exact) mass is 202 g/mol. The standard InChI is InChI=1S/C12H11FN2/c1-8-6-12(14)15-7-11(8)9-2-4-10(13)5-3-9/h2-7H,1H3,(H2,14,15). The fraction of sp³-hybridized carbons (Fsp3) is 0.0833. The number of anilines is 1. The zero-order chi connectivity index (χ0) is 10.8. The van der Waals surface area contributed by atoms with Crippen LogP contribution >= 0.6 is 0 Å². The van der Waals surface area contributed by atoms with Crippen LogP contribution in [0.4, 0.5) is 10.2 Å². The molecule has 0 atom stereocenters. The Hall–Kier alpha value is -1.90. The number of halogens is 1. The number of nitrogens with zero attached hydrogens (tertiary/aromatic N) is 1. The number of nitrogens with two attached hydrogens (primary N) is 1. The first kappa shape index (κ1) is 9.65. The maximum Gasteiger partial charge on any atom is 0.123 e. The molecule has 0 spiro atoms. The highest BCUT2D eigenvalue weighted by Crippen LogP contribution is 2.23. The van der Waals surface area contributed by atoms with Crippen molar-refractivity contribution in [3.63, 3.8) is 0 Å². The second-order valence-electron chi connectivity index (χ2n) is 3.43. The summed E-state index contributed by atoms with van der Waals surface area (Å²) in [5.41, 5.74) is 8.52. The van der Waals surface area contributed by atoms with E-state index >= 15 is 0 Å². The molecule has 2 nitrogen and oxygen atoms in total. The van der Waals surface area contributed by atoms with Gasteiger partial charge in [-0.15, -0.1) is 0 Å². The predicted octanol–water partition coefficient (Wildman–Crippen LogP) is 2.78. The Morgan fingerprint density at radius 3 is 2.47 bits per heavy atom. The summed E-state index contributed by atoms with van der Waals surface area (Å²) in [5, 5.41) is 0. The van der Waals surface area contributed by atoms with Gasteiger partial charge in [-0.25, -0.2) is 9.37 Å². The van der Waals surface area contributed by atoms with Crippen molar-refractivity contribution in [3.05, 3.63) is 47.9 Å². The van der Waals surface area contributed by atoms with Crippen LogP contribution in [0.5, 0.6) is 0 Å². The van der Waals surface area contributed by atoms with Gasteiger partial charge in [0.05, 0.1) is 0 Å². The number of rotatable bonds is 1. The Morgan fingerprint density at radius 2 is 1.87 bits per heavy atom. The topological polar surface area (TPSA) is 38.9 Å². The van der Waals surface area contributed by atoms with Crippen molar-refractivity contribution in [2.75, 3.05) is 5.73 Å². The molecule has 0 saturated heterocycles. The summed E-state index contributed by atoms with van der Waals surface area (Å²) < 4.78 is 12.7. The van der Waals surface area contributed by atoms with E-state index in [0.29, 0.717) is 5.82 Å². The number of nitrogen functional groups attached to an aromatic ring is 1. The van der Waals surface area contributed by atoms with Gasteiger partial charge in [-0.1, -0.05) is 12.1 Å². The first-order valence-electron chi connectivity index (χ1n) is 4.65. The summed E-state index contributed by atoms with van der Waals surface area (Å²) in [7, 11) is 0. The van der Waals surface area contributed by atoms with Gasteiger partial charge >= 0.3 is 0 Å². The molecule has 76 valence electrons. The number of aryl methyl sites for hydroxylation is 1. The van der Waals surface area contributed by atoms with Crippen LogP contribution < -0.4 is 5.73 Å². The first-order valence-corrected chi connectivity index (χ1v) is 4.65. The smallest absolute Gasteiger partial charge is 0.123 e. The minimum atomic E-state index is -0.236. The van der Waals surface area contributed by atoms with Crippen molar-refractivity contribution in [2.24, 2.45) is 0 Å². The van der Waals surface area contributed by atoms with E-state index in [2.05, 4.69) is 4.98 Å². The van der Waals surface area contributed by atoms with Gasteiger partial charge in [0.15, 0.2) is 0 Å². The Bertz CT molecular complexity index is 477. The Kier molecular flexibility index (Phi) is 2.37. The van der Waals surface area contributed by atoms with E-state index in [-0.39, 0.29) is 5.82 Å². The van der Waals surface area contributed by atoms with Crippen LogP contribution in [-0.4, -0.2) is 4.98 Å². The van der Waals surface area contributed by atoms with E-state index in [1.807, 2.05) is 6.92 Å². The van der Waals surface area contributed by atoms with Crippen LogP contribution in [0.1, 0.15) is 5.56 Å². The lowest BCUT2D eigenvalue weighted by Crippen LogP contribution is -1.92. The van der Waals surface area contributed by atoms with Crippen molar-refractivity contribution in [2.45, 2.75) is 6.92 Å². The number of aromatic nitrogens is 1. The maximum absolute atomic E-state index is 12.7. The van der Waals surface area contributed by atoms with Gasteiger partial charge in [-0.05, 0) is 36.2 Å². The second-order valence-corrected chi connectivity index (χ2v) is 3.43. The Morgan fingerprint density at radius 1 is 1.20 bits per heavy atom. The SMILES string of the molecule is Cc1cc(N)ncc1-c1ccc(F)cc1. The summed E-state index contributed by atoms with van der Waals surface area (Å²) in [6, 6.07) is 8.14. The lowest BCUT2D eigenvalue weighted by molar-refractivity contribution is 0.628. The minimum Gasteiger partial charge on any atom is -0.384 e. The fourth-order valence-electron chi connectivity index (χ4n) is 1.51. The lowest BCUT2D eigenvalue weighted by Gasteiger charge is -2.05. The quantitative estimate of drug-likeness (QED) is 0.772. The average molecular weight is 202 g/mol. The van der Waals surface area contributed by atoms with Gasteiger partial charge < -0.3 is 5.73 Å². The number of pyridine rings is 1. The van der Waals surface area contributed by atoms with Crippen molar-refractivity contribution in [1.82, 2.24) is 4.98 Å². The molecule has 0 fully saturated rings. The van der Waals surface area contributed by atoms with Gasteiger partial charge in [0.25, 0.3) is 0 Å². The van der Waals surface area contributed by atoms with E-state index in [9.17, 15) is 4.39 Å².